The molecule has 1 atom stereocenters. The molecule has 16 heavy (non-hydrogen) atoms. The fourth-order valence-corrected chi connectivity index (χ4v) is 2.49. The van der Waals surface area contributed by atoms with Gasteiger partial charge in [-0.2, -0.15) is 21.0 Å². The summed E-state index contributed by atoms with van der Waals surface area (Å²) in [6.07, 6.45) is -1.34. The van der Waals surface area contributed by atoms with Crippen LogP contribution in [0.2, 0.25) is 0 Å². The molecule has 0 fully saturated rings. The number of carbonyl (C=O) groups is 1. The predicted molar refractivity (Wildman–Crippen MR) is 66.4 cm³/mol. The molecule has 0 saturated carbocycles. The van der Waals surface area contributed by atoms with Crippen molar-refractivity contribution < 1.29 is 17.4 Å². The monoisotopic (exact) mass is 287 g/mol. The lowest BCUT2D eigenvalue weighted by Crippen LogP contribution is -2.45. The van der Waals surface area contributed by atoms with E-state index < -0.39 is 26.8 Å². The maximum absolute atomic E-state index is 11.1. The number of nitrogens with one attached hydrogen (secondary N) is 1. The molecule has 0 heterocycles. The number of rotatable bonds is 5. The molecule has 94 valence electrons. The first-order valence-corrected chi connectivity index (χ1v) is 6.49. The van der Waals surface area contributed by atoms with E-state index in [2.05, 4.69) is 40.1 Å². The fraction of sp³-hybridized carbons (Fsp3) is 0.667. The number of nitrogens with two attached hydrogens (primary N) is 2. The van der Waals surface area contributed by atoms with Crippen molar-refractivity contribution in [2.45, 2.75) is 18.2 Å². The van der Waals surface area contributed by atoms with Crippen LogP contribution in [-0.2, 0) is 14.3 Å². The third-order valence-electron chi connectivity index (χ3n) is 1.44. The summed E-state index contributed by atoms with van der Waals surface area (Å²) < 4.78 is 26.2. The Morgan fingerprint density at radius 2 is 2.06 bits per heavy atom. The van der Waals surface area contributed by atoms with E-state index in [4.69, 9.17) is 5.73 Å². The highest BCUT2D eigenvalue weighted by Gasteiger charge is 2.24. The first-order valence-electron chi connectivity index (χ1n) is 4.06. The zero-order valence-electron chi connectivity index (χ0n) is 8.47. The topological polar surface area (TPSA) is 125 Å². The molecule has 0 aliphatic heterocycles. The summed E-state index contributed by atoms with van der Waals surface area (Å²) in [4.78, 5) is 9.35. The Balaban J connectivity index is 4.33. The van der Waals surface area contributed by atoms with Gasteiger partial charge in [0, 0.05) is 0 Å². The summed E-state index contributed by atoms with van der Waals surface area (Å²) in [5.74, 6) is -0.439. The van der Waals surface area contributed by atoms with Crippen LogP contribution in [0.3, 0.4) is 0 Å². The van der Waals surface area contributed by atoms with Crippen LogP contribution in [0.15, 0.2) is 0 Å². The van der Waals surface area contributed by atoms with E-state index >= 15 is 0 Å². The molecule has 0 bridgehead atoms. The van der Waals surface area contributed by atoms with Crippen LogP contribution in [0.5, 0.6) is 0 Å². The van der Waals surface area contributed by atoms with Gasteiger partial charge in [-0.15, -0.1) is 0 Å². The number of hydrogen-bond donors (Lipinski definition) is 4. The second kappa shape index (κ2) is 5.55. The van der Waals surface area contributed by atoms with Gasteiger partial charge in [0.1, 0.15) is 0 Å². The summed E-state index contributed by atoms with van der Waals surface area (Å²) in [7, 11) is -4.00. The number of amides is 1. The van der Waals surface area contributed by atoms with Gasteiger partial charge in [0.2, 0.25) is 0 Å². The number of thiocarbonyl (C=S) groups is 1. The highest BCUT2D eigenvalue weighted by molar-refractivity contribution is 7.87. The van der Waals surface area contributed by atoms with Gasteiger partial charge in [-0.1, -0.05) is 0 Å². The summed E-state index contributed by atoms with van der Waals surface area (Å²) in [5, 5.41) is 2.57. The van der Waals surface area contributed by atoms with Gasteiger partial charge in [-0.05, 0) is 25.6 Å². The van der Waals surface area contributed by atoms with Crippen LogP contribution in [0, 0.1) is 0 Å². The van der Waals surface area contributed by atoms with Crippen LogP contribution >= 0.6 is 24.8 Å². The Kier molecular flexibility index (Phi) is 5.29. The maximum atomic E-state index is 11.1. The van der Waals surface area contributed by atoms with Crippen molar-refractivity contribution in [3.63, 3.8) is 0 Å². The second-order valence-electron chi connectivity index (χ2n) is 3.18. The van der Waals surface area contributed by atoms with Crippen LogP contribution in [-0.4, -0.2) is 30.2 Å². The van der Waals surface area contributed by atoms with E-state index in [0.29, 0.717) is 0 Å². The summed E-state index contributed by atoms with van der Waals surface area (Å²) >= 11 is 8.70. The second-order valence-corrected chi connectivity index (χ2v) is 6.29. The zero-order valence-corrected chi connectivity index (χ0v) is 11.0. The van der Waals surface area contributed by atoms with E-state index in [-0.39, 0.29) is 11.5 Å². The molecule has 0 aliphatic carbocycles. The Labute approximate surface area is 104 Å². The number of thiol groups is 1. The van der Waals surface area contributed by atoms with Gasteiger partial charge < -0.3 is 21.0 Å². The Hall–Kier alpha value is -0.740. The largest absolute Gasteiger partial charge is 0.420 e. The molecule has 7 nitrogen and oxygen atoms in total. The van der Waals surface area contributed by atoms with Gasteiger partial charge in [-0.25, -0.2) is 4.79 Å². The fourth-order valence-electron chi connectivity index (χ4n) is 0.818. The lowest BCUT2D eigenvalue weighted by Gasteiger charge is -2.24. The summed E-state index contributed by atoms with van der Waals surface area (Å²) in [6.45, 7) is 1.58. The minimum atomic E-state index is -4.00. The van der Waals surface area contributed by atoms with Gasteiger partial charge in [0.25, 0.3) is 0 Å². The first kappa shape index (κ1) is 15.3. The molecule has 0 aromatic heterocycles. The molecule has 0 radical (unpaired) electrons. The van der Waals surface area contributed by atoms with Crippen molar-refractivity contribution in [1.82, 2.24) is 5.32 Å². The van der Waals surface area contributed by atoms with E-state index in [0.717, 1.165) is 0 Å². The molecule has 0 aliphatic rings. The van der Waals surface area contributed by atoms with Crippen molar-refractivity contribution in [1.29, 1.82) is 0 Å². The van der Waals surface area contributed by atoms with Gasteiger partial charge in [0.05, 0.1) is 10.6 Å². The lowest BCUT2D eigenvalue weighted by molar-refractivity contribution is 0.212. The molecule has 1 amide bonds. The normalized spacial score (nSPS) is 14.9. The molecule has 10 heteroatoms. The first-order chi connectivity index (χ1) is 7.04. The van der Waals surface area contributed by atoms with Crippen LogP contribution in [0.25, 0.3) is 0 Å². The molecule has 0 spiro atoms. The maximum Gasteiger partial charge on any atom is 0.420 e. The van der Waals surface area contributed by atoms with Crippen LogP contribution < -0.4 is 16.8 Å². The minimum Gasteiger partial charge on any atom is -0.376 e. The average molecular weight is 287 g/mol. The average Bonchev–Trinajstić information content (AvgIpc) is 1.96. The number of primary amides is 1. The lowest BCUT2D eigenvalue weighted by atomic mass is 10.2. The van der Waals surface area contributed by atoms with Gasteiger partial charge in [-0.3, -0.25) is 0 Å². The molecule has 0 aromatic rings. The minimum absolute atomic E-state index is 0.00859. The van der Waals surface area contributed by atoms with E-state index in [1.54, 1.807) is 6.92 Å². The molecule has 0 aromatic carbocycles. The quantitative estimate of drug-likeness (QED) is 0.228. The van der Waals surface area contributed by atoms with Crippen LogP contribution in [0.4, 0.5) is 4.79 Å². The Bertz CT molecular complexity index is 378. The highest BCUT2D eigenvalue weighted by Crippen LogP contribution is 2.16. The van der Waals surface area contributed by atoms with Gasteiger partial charge in [0.15, 0.2) is 5.11 Å². The van der Waals surface area contributed by atoms with Crippen molar-refractivity contribution in [2.24, 2.45) is 11.5 Å². The Morgan fingerprint density at radius 3 is 2.44 bits per heavy atom. The summed E-state index contributed by atoms with van der Waals surface area (Å²) in [6, 6.07) is 0. The molecular weight excluding hydrogens is 274 g/mol. The van der Waals surface area contributed by atoms with Crippen molar-refractivity contribution in [3.8, 4) is 0 Å². The molecule has 5 N–H and O–H groups in total. The third kappa shape index (κ3) is 7.54. The summed E-state index contributed by atoms with van der Waals surface area (Å²) in [5.41, 5.74) is 9.80. The van der Waals surface area contributed by atoms with Crippen molar-refractivity contribution in [2.75, 3.05) is 5.75 Å². The SMILES string of the molecule is CC(S)(CCS(=O)(=O)OC(N)=O)NC(N)=S. The standard InChI is InChI=1S/C6H13N3O4S3/c1-6(15,9-4(7)14)2-3-16(11,12)13-5(8)10/h15H,2-3H2,1H3,(H2,8,10)(H3,7,9,14). The number of hydrogen-bond acceptors (Lipinski definition) is 6. The van der Waals surface area contributed by atoms with E-state index in [9.17, 15) is 13.2 Å². The van der Waals surface area contributed by atoms with E-state index in [1.807, 2.05) is 0 Å². The van der Waals surface area contributed by atoms with Crippen molar-refractivity contribution >= 4 is 46.2 Å². The van der Waals surface area contributed by atoms with Crippen molar-refractivity contribution in [3.05, 3.63) is 0 Å². The molecule has 0 rings (SSSR count). The van der Waals surface area contributed by atoms with Gasteiger partial charge >= 0.3 is 16.2 Å². The molecule has 0 saturated heterocycles. The van der Waals surface area contributed by atoms with Crippen LogP contribution in [0.1, 0.15) is 13.3 Å². The highest BCUT2D eigenvalue weighted by atomic mass is 32.2. The Morgan fingerprint density at radius 1 is 1.56 bits per heavy atom. The zero-order chi connectivity index (χ0) is 13.0. The number of carbonyl (C=O) groups excluding carboxylic acids is 1. The van der Waals surface area contributed by atoms with E-state index in [1.165, 1.54) is 0 Å². The predicted octanol–water partition coefficient (Wildman–Crippen LogP) is -0.719. The molecular formula is C6H13N3O4S3. The third-order valence-corrected chi connectivity index (χ3v) is 3.00. The smallest absolute Gasteiger partial charge is 0.376 e. The molecule has 1 unspecified atom stereocenters.